The van der Waals surface area contributed by atoms with E-state index in [0.29, 0.717) is 13.0 Å². The first-order valence-corrected chi connectivity index (χ1v) is 6.62. The van der Waals surface area contributed by atoms with Gasteiger partial charge in [-0.25, -0.2) is 9.59 Å². The number of hydrogen-bond donors (Lipinski definition) is 3. The van der Waals surface area contributed by atoms with Crippen molar-refractivity contribution in [1.82, 2.24) is 15.6 Å². The second-order valence-corrected chi connectivity index (χ2v) is 4.83. The van der Waals surface area contributed by atoms with Gasteiger partial charge in [-0.1, -0.05) is 20.3 Å². The lowest BCUT2D eigenvalue weighted by molar-refractivity contribution is -0.140. The molecule has 0 unspecified atom stereocenters. The molecule has 0 aliphatic heterocycles. The number of carboxylic acid groups (broad SMARTS) is 1. The molecule has 1 rings (SSSR count). The number of aryl methyl sites for hydroxylation is 1. The highest BCUT2D eigenvalue weighted by Gasteiger charge is 2.25. The average Bonchev–Trinajstić information content (AvgIpc) is 2.42. The van der Waals surface area contributed by atoms with Gasteiger partial charge in [0.05, 0.1) is 0 Å². The molecule has 110 valence electrons. The summed E-state index contributed by atoms with van der Waals surface area (Å²) in [6.45, 7) is 5.93. The van der Waals surface area contributed by atoms with Crippen LogP contribution in [0, 0.1) is 12.8 Å². The van der Waals surface area contributed by atoms with E-state index in [0.717, 1.165) is 11.1 Å². The van der Waals surface area contributed by atoms with Crippen LogP contribution < -0.4 is 10.6 Å². The molecule has 1 heterocycles. The van der Waals surface area contributed by atoms with Gasteiger partial charge in [0.1, 0.15) is 6.04 Å². The minimum absolute atomic E-state index is 0.127. The molecule has 0 aliphatic carbocycles. The number of carbonyl (C=O) groups is 2. The number of nitrogens with zero attached hydrogens (tertiary/aromatic N) is 1. The van der Waals surface area contributed by atoms with Crippen molar-refractivity contribution in [2.75, 3.05) is 0 Å². The van der Waals surface area contributed by atoms with E-state index in [4.69, 9.17) is 5.11 Å². The summed E-state index contributed by atoms with van der Waals surface area (Å²) in [5.74, 6) is -1.15. The fraction of sp³-hybridized carbons (Fsp3) is 0.500. The number of urea groups is 1. The summed E-state index contributed by atoms with van der Waals surface area (Å²) in [4.78, 5) is 26.9. The quantitative estimate of drug-likeness (QED) is 0.739. The van der Waals surface area contributed by atoms with E-state index in [1.54, 1.807) is 19.3 Å². The van der Waals surface area contributed by atoms with E-state index >= 15 is 0 Å². The van der Waals surface area contributed by atoms with Gasteiger partial charge < -0.3 is 15.7 Å². The number of hydrogen-bond acceptors (Lipinski definition) is 3. The molecule has 0 aliphatic rings. The Bertz CT molecular complexity index is 476. The molecule has 3 N–H and O–H groups in total. The lowest BCUT2D eigenvalue weighted by Crippen LogP contribution is -2.48. The van der Waals surface area contributed by atoms with Crippen molar-refractivity contribution in [2.45, 2.75) is 39.8 Å². The standard InChI is InChI=1S/C14H21N3O3/c1-4-9(2)12(13(18)19)17-14(20)16-8-11-7-15-6-5-10(11)3/h5-7,9,12H,4,8H2,1-3H3,(H,18,19)(H2,16,17,20)/t9-,12-/m0/s1. The number of aromatic nitrogens is 1. The van der Waals surface area contributed by atoms with Gasteiger partial charge in [0, 0.05) is 18.9 Å². The lowest BCUT2D eigenvalue weighted by Gasteiger charge is -2.20. The number of carbonyl (C=O) groups excluding carboxylic acids is 1. The fourth-order valence-electron chi connectivity index (χ4n) is 1.73. The number of pyridine rings is 1. The molecule has 0 saturated carbocycles. The van der Waals surface area contributed by atoms with Gasteiger partial charge in [0.25, 0.3) is 0 Å². The van der Waals surface area contributed by atoms with Gasteiger partial charge >= 0.3 is 12.0 Å². The minimum atomic E-state index is -1.02. The second-order valence-electron chi connectivity index (χ2n) is 4.83. The molecule has 0 saturated heterocycles. The third kappa shape index (κ3) is 4.53. The predicted octanol–water partition coefficient (Wildman–Crippen LogP) is 1.69. The molecule has 0 radical (unpaired) electrons. The van der Waals surface area contributed by atoms with Crippen molar-refractivity contribution in [2.24, 2.45) is 5.92 Å². The number of carboxylic acids is 1. The van der Waals surface area contributed by atoms with Crippen molar-refractivity contribution in [3.8, 4) is 0 Å². The number of aliphatic carboxylic acids is 1. The van der Waals surface area contributed by atoms with Crippen LogP contribution in [0.4, 0.5) is 4.79 Å². The Balaban J connectivity index is 2.55. The number of amides is 2. The lowest BCUT2D eigenvalue weighted by atomic mass is 9.99. The smallest absolute Gasteiger partial charge is 0.326 e. The van der Waals surface area contributed by atoms with Crippen LogP contribution in [0.5, 0.6) is 0 Å². The molecule has 0 aromatic carbocycles. The highest BCUT2D eigenvalue weighted by atomic mass is 16.4. The molecule has 6 nitrogen and oxygen atoms in total. The van der Waals surface area contributed by atoms with Gasteiger partial charge in [0.15, 0.2) is 0 Å². The van der Waals surface area contributed by atoms with Crippen molar-refractivity contribution in [3.05, 3.63) is 29.6 Å². The van der Waals surface area contributed by atoms with Crippen LogP contribution in [0.3, 0.4) is 0 Å². The summed E-state index contributed by atoms with van der Waals surface area (Å²) in [6.07, 6.45) is 4.04. The normalized spacial score (nSPS) is 13.3. The van der Waals surface area contributed by atoms with Crippen LogP contribution in [-0.4, -0.2) is 28.1 Å². The van der Waals surface area contributed by atoms with Crippen LogP contribution in [0.25, 0.3) is 0 Å². The van der Waals surface area contributed by atoms with Crippen LogP contribution in [-0.2, 0) is 11.3 Å². The van der Waals surface area contributed by atoms with E-state index in [1.807, 2.05) is 19.9 Å². The number of nitrogens with one attached hydrogen (secondary N) is 2. The topological polar surface area (TPSA) is 91.3 Å². The van der Waals surface area contributed by atoms with Crippen molar-refractivity contribution in [3.63, 3.8) is 0 Å². The van der Waals surface area contributed by atoms with Gasteiger partial charge in [-0.05, 0) is 30.0 Å². The molecule has 0 spiro atoms. The summed E-state index contributed by atoms with van der Waals surface area (Å²) in [6, 6.07) is 0.490. The molecule has 20 heavy (non-hydrogen) atoms. The van der Waals surface area contributed by atoms with Gasteiger partial charge in [-0.3, -0.25) is 4.98 Å². The molecule has 6 heteroatoms. The van der Waals surface area contributed by atoms with Crippen molar-refractivity contribution < 1.29 is 14.7 Å². The zero-order chi connectivity index (χ0) is 15.1. The van der Waals surface area contributed by atoms with E-state index in [-0.39, 0.29) is 5.92 Å². The van der Waals surface area contributed by atoms with Crippen LogP contribution in [0.2, 0.25) is 0 Å². The molecular weight excluding hydrogens is 258 g/mol. The van der Waals surface area contributed by atoms with Crippen molar-refractivity contribution >= 4 is 12.0 Å². The van der Waals surface area contributed by atoms with Gasteiger partial charge in [-0.2, -0.15) is 0 Å². The summed E-state index contributed by atoms with van der Waals surface area (Å²) in [5.41, 5.74) is 1.93. The summed E-state index contributed by atoms with van der Waals surface area (Å²) < 4.78 is 0. The Labute approximate surface area is 118 Å². The van der Waals surface area contributed by atoms with Crippen LogP contribution >= 0.6 is 0 Å². The number of rotatable bonds is 6. The van der Waals surface area contributed by atoms with Gasteiger partial charge in [0.2, 0.25) is 0 Å². The second kappa shape index (κ2) is 7.47. The fourth-order valence-corrected chi connectivity index (χ4v) is 1.73. The third-order valence-corrected chi connectivity index (χ3v) is 3.35. The Kier molecular flexibility index (Phi) is 5.96. The molecule has 1 aromatic rings. The first-order valence-electron chi connectivity index (χ1n) is 6.62. The maximum Gasteiger partial charge on any atom is 0.326 e. The zero-order valence-corrected chi connectivity index (χ0v) is 12.0. The summed E-state index contributed by atoms with van der Waals surface area (Å²) in [5, 5.41) is 14.2. The molecule has 0 bridgehead atoms. The molecule has 2 atom stereocenters. The highest BCUT2D eigenvalue weighted by Crippen LogP contribution is 2.08. The van der Waals surface area contributed by atoms with Crippen LogP contribution in [0.15, 0.2) is 18.5 Å². The van der Waals surface area contributed by atoms with E-state index < -0.39 is 18.0 Å². The first kappa shape index (κ1) is 15.9. The molecular formula is C14H21N3O3. The summed E-state index contributed by atoms with van der Waals surface area (Å²) in [7, 11) is 0. The first-order chi connectivity index (χ1) is 9.45. The Morgan fingerprint density at radius 3 is 2.70 bits per heavy atom. The largest absolute Gasteiger partial charge is 0.480 e. The Morgan fingerprint density at radius 1 is 1.45 bits per heavy atom. The monoisotopic (exact) mass is 279 g/mol. The van der Waals surface area contributed by atoms with Crippen molar-refractivity contribution in [1.29, 1.82) is 0 Å². The molecule has 2 amide bonds. The van der Waals surface area contributed by atoms with Gasteiger partial charge in [-0.15, -0.1) is 0 Å². The zero-order valence-electron chi connectivity index (χ0n) is 12.0. The van der Waals surface area contributed by atoms with Crippen LogP contribution in [0.1, 0.15) is 31.4 Å². The maximum atomic E-state index is 11.8. The Morgan fingerprint density at radius 2 is 2.15 bits per heavy atom. The maximum absolute atomic E-state index is 11.8. The molecule has 0 fully saturated rings. The third-order valence-electron chi connectivity index (χ3n) is 3.35. The average molecular weight is 279 g/mol. The van der Waals surface area contributed by atoms with E-state index in [1.165, 1.54) is 0 Å². The van der Waals surface area contributed by atoms with E-state index in [9.17, 15) is 9.59 Å². The molecule has 1 aromatic heterocycles. The SMILES string of the molecule is CC[C@H](C)[C@H](NC(=O)NCc1cnccc1C)C(=O)O. The predicted molar refractivity (Wildman–Crippen MR) is 75.2 cm³/mol. The highest BCUT2D eigenvalue weighted by molar-refractivity contribution is 5.82. The summed E-state index contributed by atoms with van der Waals surface area (Å²) >= 11 is 0. The minimum Gasteiger partial charge on any atom is -0.480 e. The van der Waals surface area contributed by atoms with E-state index in [2.05, 4.69) is 15.6 Å². The Hall–Kier alpha value is -2.11.